The van der Waals surface area contributed by atoms with Crippen LogP contribution in [0.3, 0.4) is 0 Å². The minimum Gasteiger partial charge on any atom is -0.390 e. The summed E-state index contributed by atoms with van der Waals surface area (Å²) in [5.74, 6) is -0.468. The van der Waals surface area contributed by atoms with Crippen LogP contribution >= 0.6 is 0 Å². The second-order valence-electron chi connectivity index (χ2n) is 3.37. The van der Waals surface area contributed by atoms with Gasteiger partial charge in [0.1, 0.15) is 0 Å². The summed E-state index contributed by atoms with van der Waals surface area (Å²) < 4.78 is 6.06. The Kier molecular flexibility index (Phi) is 5.46. The molecule has 0 aliphatic carbocycles. The lowest BCUT2D eigenvalue weighted by Crippen LogP contribution is -2.32. The van der Waals surface area contributed by atoms with Gasteiger partial charge in [-0.2, -0.15) is 4.68 Å². The molecule has 9 nitrogen and oxygen atoms in total. The Labute approximate surface area is 97.6 Å². The number of aliphatic hydroxyl groups is 1. The molecule has 0 fully saturated rings. The van der Waals surface area contributed by atoms with Gasteiger partial charge in [-0.25, -0.2) is 0 Å². The Bertz CT molecular complexity index is 355. The molecule has 0 spiro atoms. The molecule has 0 saturated heterocycles. The zero-order valence-corrected chi connectivity index (χ0v) is 9.44. The third kappa shape index (κ3) is 4.85. The fourth-order valence-corrected chi connectivity index (χ4v) is 1.18. The van der Waals surface area contributed by atoms with Crippen LogP contribution in [0, 0.1) is 10.1 Å². The van der Waals surface area contributed by atoms with E-state index in [1.54, 1.807) is 7.11 Å². The maximum Gasteiger partial charge on any atom is 0.490 e. The highest BCUT2D eigenvalue weighted by Gasteiger charge is 2.15. The molecule has 1 aromatic heterocycles. The van der Waals surface area contributed by atoms with Crippen molar-refractivity contribution in [2.24, 2.45) is 0 Å². The molecule has 0 aliphatic heterocycles. The quantitative estimate of drug-likeness (QED) is 0.335. The SMILES string of the molecule is COCCNCC(O)Cn1cnc([N+](=O)[O-])n1. The highest BCUT2D eigenvalue weighted by Crippen LogP contribution is 2.00. The van der Waals surface area contributed by atoms with Crippen LogP contribution in [-0.2, 0) is 11.3 Å². The molecule has 9 heteroatoms. The number of rotatable bonds is 8. The van der Waals surface area contributed by atoms with Crippen molar-refractivity contribution in [3.63, 3.8) is 0 Å². The Balaban J connectivity index is 2.29. The summed E-state index contributed by atoms with van der Waals surface area (Å²) in [6.07, 6.45) is 0.532. The predicted molar refractivity (Wildman–Crippen MR) is 57.4 cm³/mol. The van der Waals surface area contributed by atoms with Crippen LogP contribution in [0.1, 0.15) is 0 Å². The Hall–Kier alpha value is -1.58. The first-order chi connectivity index (χ1) is 8.13. The smallest absolute Gasteiger partial charge is 0.390 e. The number of aromatic nitrogens is 3. The van der Waals surface area contributed by atoms with E-state index in [4.69, 9.17) is 4.74 Å². The summed E-state index contributed by atoms with van der Waals surface area (Å²) in [7, 11) is 1.59. The predicted octanol–water partition coefficient (Wildman–Crippen LogP) is -1.22. The van der Waals surface area contributed by atoms with Crippen molar-refractivity contribution in [3.8, 4) is 0 Å². The molecular weight excluding hydrogens is 230 g/mol. The topological polar surface area (TPSA) is 115 Å². The van der Waals surface area contributed by atoms with Crippen LogP contribution in [-0.4, -0.2) is 57.7 Å². The fraction of sp³-hybridized carbons (Fsp3) is 0.750. The molecule has 1 unspecified atom stereocenters. The van der Waals surface area contributed by atoms with Crippen molar-refractivity contribution in [2.45, 2.75) is 12.6 Å². The first-order valence-corrected chi connectivity index (χ1v) is 5.05. The van der Waals surface area contributed by atoms with Gasteiger partial charge in [-0.15, -0.1) is 0 Å². The highest BCUT2D eigenvalue weighted by molar-refractivity contribution is 4.96. The molecule has 96 valence electrons. The number of nitro groups is 1. The molecule has 1 rings (SSSR count). The van der Waals surface area contributed by atoms with Crippen molar-refractivity contribution >= 4 is 5.95 Å². The van der Waals surface area contributed by atoms with E-state index in [1.165, 1.54) is 11.0 Å². The maximum absolute atomic E-state index is 10.3. The normalized spacial score (nSPS) is 12.6. The minimum atomic E-state index is -0.687. The van der Waals surface area contributed by atoms with Crippen LogP contribution in [0.15, 0.2) is 6.33 Å². The Morgan fingerprint density at radius 1 is 1.76 bits per heavy atom. The molecule has 1 aromatic rings. The Morgan fingerprint density at radius 2 is 2.53 bits per heavy atom. The summed E-state index contributed by atoms with van der Waals surface area (Å²) in [5.41, 5.74) is 0. The molecular formula is C8H15N5O4. The number of methoxy groups -OCH3 is 1. The molecule has 0 aromatic carbocycles. The van der Waals surface area contributed by atoms with Crippen molar-refractivity contribution < 1.29 is 14.8 Å². The number of aliphatic hydroxyl groups excluding tert-OH is 1. The molecule has 2 N–H and O–H groups in total. The number of nitrogens with one attached hydrogen (secondary N) is 1. The monoisotopic (exact) mass is 245 g/mol. The zero-order valence-electron chi connectivity index (χ0n) is 9.44. The zero-order chi connectivity index (χ0) is 12.7. The first-order valence-electron chi connectivity index (χ1n) is 5.05. The maximum atomic E-state index is 10.3. The highest BCUT2D eigenvalue weighted by atomic mass is 16.6. The van der Waals surface area contributed by atoms with Gasteiger partial charge < -0.3 is 25.3 Å². The van der Waals surface area contributed by atoms with Gasteiger partial charge in [0.05, 0.1) is 19.3 Å². The Morgan fingerprint density at radius 3 is 3.12 bits per heavy atom. The minimum absolute atomic E-state index is 0.154. The van der Waals surface area contributed by atoms with Gasteiger partial charge in [0.15, 0.2) is 0 Å². The number of nitrogens with zero attached hydrogens (tertiary/aromatic N) is 4. The largest absolute Gasteiger partial charge is 0.490 e. The average molecular weight is 245 g/mol. The molecule has 0 radical (unpaired) electrons. The van der Waals surface area contributed by atoms with E-state index in [0.717, 1.165) is 0 Å². The summed E-state index contributed by atoms with van der Waals surface area (Å²) in [6, 6.07) is 0. The van der Waals surface area contributed by atoms with Gasteiger partial charge in [-0.05, 0) is 4.92 Å². The van der Waals surface area contributed by atoms with Crippen LogP contribution in [0.5, 0.6) is 0 Å². The molecule has 0 amide bonds. The van der Waals surface area contributed by atoms with E-state index < -0.39 is 17.0 Å². The van der Waals surface area contributed by atoms with E-state index >= 15 is 0 Å². The lowest BCUT2D eigenvalue weighted by atomic mass is 10.3. The van der Waals surface area contributed by atoms with Gasteiger partial charge in [0, 0.05) is 25.3 Å². The third-order valence-electron chi connectivity index (χ3n) is 1.95. The lowest BCUT2D eigenvalue weighted by Gasteiger charge is -2.09. The second-order valence-corrected chi connectivity index (χ2v) is 3.37. The number of ether oxygens (including phenoxy) is 1. The summed E-state index contributed by atoms with van der Waals surface area (Å²) in [4.78, 5) is 13.1. The van der Waals surface area contributed by atoms with Crippen molar-refractivity contribution in [1.29, 1.82) is 0 Å². The van der Waals surface area contributed by atoms with Gasteiger partial charge in [-0.3, -0.25) is 0 Å². The molecule has 0 saturated carbocycles. The summed E-state index contributed by atoms with van der Waals surface area (Å²) in [5, 5.41) is 26.5. The van der Waals surface area contributed by atoms with Gasteiger partial charge >= 0.3 is 5.95 Å². The molecule has 17 heavy (non-hydrogen) atoms. The summed E-state index contributed by atoms with van der Waals surface area (Å²) >= 11 is 0. The second kappa shape index (κ2) is 6.89. The standard InChI is InChI=1S/C8H15N5O4/c1-17-3-2-9-4-7(14)5-12-6-10-8(11-12)13(15)16/h6-7,9,14H,2-5H2,1H3. The van der Waals surface area contributed by atoms with Crippen LogP contribution < -0.4 is 5.32 Å². The van der Waals surface area contributed by atoms with Gasteiger partial charge in [0.25, 0.3) is 0 Å². The lowest BCUT2D eigenvalue weighted by molar-refractivity contribution is -0.394. The van der Waals surface area contributed by atoms with E-state index in [1.807, 2.05) is 0 Å². The van der Waals surface area contributed by atoms with Crippen molar-refractivity contribution in [2.75, 3.05) is 26.8 Å². The fourth-order valence-electron chi connectivity index (χ4n) is 1.18. The summed E-state index contributed by atoms with van der Waals surface area (Å²) in [6.45, 7) is 1.70. The average Bonchev–Trinajstić information content (AvgIpc) is 2.73. The van der Waals surface area contributed by atoms with Crippen molar-refractivity contribution in [3.05, 3.63) is 16.4 Å². The molecule has 1 atom stereocenters. The van der Waals surface area contributed by atoms with Gasteiger partial charge in [0.2, 0.25) is 6.33 Å². The third-order valence-corrected chi connectivity index (χ3v) is 1.95. The first kappa shape index (κ1) is 13.5. The van der Waals surface area contributed by atoms with E-state index in [2.05, 4.69) is 15.4 Å². The molecule has 1 heterocycles. The molecule has 0 bridgehead atoms. The molecule has 0 aliphatic rings. The van der Waals surface area contributed by atoms with E-state index in [0.29, 0.717) is 19.7 Å². The number of hydrogen-bond acceptors (Lipinski definition) is 7. The number of hydrogen-bond donors (Lipinski definition) is 2. The van der Waals surface area contributed by atoms with Crippen LogP contribution in [0.2, 0.25) is 0 Å². The van der Waals surface area contributed by atoms with E-state index in [9.17, 15) is 15.2 Å². The van der Waals surface area contributed by atoms with E-state index in [-0.39, 0.29) is 6.54 Å². The van der Waals surface area contributed by atoms with Crippen LogP contribution in [0.25, 0.3) is 0 Å². The van der Waals surface area contributed by atoms with Gasteiger partial charge in [-0.1, -0.05) is 4.98 Å². The van der Waals surface area contributed by atoms with Crippen molar-refractivity contribution in [1.82, 2.24) is 20.1 Å². The van der Waals surface area contributed by atoms with Crippen LogP contribution in [0.4, 0.5) is 5.95 Å².